The number of carbonyl (C=O) groups is 1. The van der Waals surface area contributed by atoms with Crippen LogP contribution in [-0.4, -0.2) is 58.5 Å². The van der Waals surface area contributed by atoms with Crippen LogP contribution < -0.4 is 15.1 Å². The summed E-state index contributed by atoms with van der Waals surface area (Å²) in [6.07, 6.45) is 0.520. The van der Waals surface area contributed by atoms with Crippen LogP contribution in [0.5, 0.6) is 5.75 Å². The average Bonchev–Trinajstić information content (AvgIpc) is 2.81. The number of fused-ring (bicyclic) bond motifs is 1. The van der Waals surface area contributed by atoms with Gasteiger partial charge in [0, 0.05) is 44.1 Å². The van der Waals surface area contributed by atoms with Crippen LogP contribution in [0.4, 0.5) is 10.5 Å². The van der Waals surface area contributed by atoms with E-state index >= 15 is 0 Å². The van der Waals surface area contributed by atoms with Crippen molar-refractivity contribution in [3.8, 4) is 5.75 Å². The molecule has 1 aromatic heterocycles. The number of rotatable bonds is 8. The number of carbonyl (C=O) groups excluding carboxylic acids is 1. The lowest BCUT2D eigenvalue weighted by molar-refractivity contribution is 0.172. The Labute approximate surface area is 224 Å². The zero-order valence-corrected chi connectivity index (χ0v) is 22.7. The molecule has 1 fully saturated rings. The highest BCUT2D eigenvalue weighted by Crippen LogP contribution is 2.35. The largest absolute Gasteiger partial charge is 0.533 e. The Hall–Kier alpha value is -2.83. The Kier molecular flexibility index (Phi) is 8.00. The van der Waals surface area contributed by atoms with Gasteiger partial charge in [0.05, 0.1) is 15.7 Å². The molecule has 0 spiro atoms. The average molecular weight is 568 g/mol. The number of halogens is 2. The predicted molar refractivity (Wildman–Crippen MR) is 143 cm³/mol. The minimum absolute atomic E-state index is 0.0723. The molecule has 37 heavy (non-hydrogen) atoms. The van der Waals surface area contributed by atoms with Crippen LogP contribution >= 0.6 is 23.2 Å². The Balaban J connectivity index is 1.81. The number of nitrogens with one attached hydrogen (secondary N) is 1. The van der Waals surface area contributed by atoms with Crippen molar-refractivity contribution in [2.24, 2.45) is 0 Å². The van der Waals surface area contributed by atoms with E-state index in [9.17, 15) is 18.0 Å². The second-order valence-electron chi connectivity index (χ2n) is 8.73. The Morgan fingerprint density at radius 3 is 2.57 bits per heavy atom. The zero-order valence-electron chi connectivity index (χ0n) is 20.4. The molecule has 1 saturated heterocycles. The SMILES string of the molecule is C[N-]S(=O)(=O)Nc1cccc(Cc2c(CN3CCC3)c3cc(Cl)c(OC(=O)N(C)C)cc3oc2=O)c1Cl. The number of nitrogens with zero attached hydrogens (tertiary/aromatic N) is 3. The predicted octanol–water partition coefficient (Wildman–Crippen LogP) is 4.62. The maximum absolute atomic E-state index is 13.2. The third-order valence-electron chi connectivity index (χ3n) is 5.99. The molecule has 0 saturated carbocycles. The smallest absolute Gasteiger partial charge is 0.414 e. The highest BCUT2D eigenvalue weighted by molar-refractivity contribution is 7.95. The lowest BCUT2D eigenvalue weighted by Crippen LogP contribution is -2.37. The zero-order chi connectivity index (χ0) is 26.9. The van der Waals surface area contributed by atoms with E-state index in [0.717, 1.165) is 26.6 Å². The van der Waals surface area contributed by atoms with Gasteiger partial charge in [-0.25, -0.2) is 18.0 Å². The number of ether oxygens (including phenoxy) is 1. The van der Waals surface area contributed by atoms with Crippen LogP contribution in [0.1, 0.15) is 23.1 Å². The van der Waals surface area contributed by atoms with E-state index in [-0.39, 0.29) is 33.5 Å². The Morgan fingerprint density at radius 2 is 1.95 bits per heavy atom. The van der Waals surface area contributed by atoms with E-state index in [0.29, 0.717) is 28.6 Å². The summed E-state index contributed by atoms with van der Waals surface area (Å²) in [5, 5.41) is 0.937. The fraction of sp³-hybridized carbons (Fsp3) is 0.333. The molecular formula is C24H25Cl2N4O6S-. The first-order valence-electron chi connectivity index (χ1n) is 11.3. The molecule has 4 rings (SSSR count). The minimum Gasteiger partial charge on any atom is -0.533 e. The first kappa shape index (κ1) is 27.2. The van der Waals surface area contributed by atoms with Gasteiger partial charge in [0.25, 0.3) is 0 Å². The molecule has 198 valence electrons. The molecule has 1 aliphatic heterocycles. The number of anilines is 1. The molecule has 0 bridgehead atoms. The van der Waals surface area contributed by atoms with E-state index in [1.54, 1.807) is 18.2 Å². The summed E-state index contributed by atoms with van der Waals surface area (Å²) in [5.74, 6) is 0.0723. The number of hydrogen-bond donors (Lipinski definition) is 1. The van der Waals surface area contributed by atoms with E-state index in [1.165, 1.54) is 31.1 Å². The quantitative estimate of drug-likeness (QED) is 0.394. The van der Waals surface area contributed by atoms with Crippen LogP contribution in [0, 0.1) is 0 Å². The third kappa shape index (κ3) is 6.02. The van der Waals surface area contributed by atoms with Crippen LogP contribution in [0.2, 0.25) is 10.0 Å². The third-order valence-corrected chi connectivity index (χ3v) is 7.69. The van der Waals surface area contributed by atoms with Crippen molar-refractivity contribution >= 4 is 56.2 Å². The van der Waals surface area contributed by atoms with Crippen LogP contribution in [0.15, 0.2) is 39.5 Å². The molecule has 0 radical (unpaired) electrons. The van der Waals surface area contributed by atoms with E-state index in [2.05, 4.69) is 14.3 Å². The van der Waals surface area contributed by atoms with Gasteiger partial charge in [-0.2, -0.15) is 0 Å². The summed E-state index contributed by atoms with van der Waals surface area (Å²) >= 11 is 13.0. The molecule has 0 atom stereocenters. The summed E-state index contributed by atoms with van der Waals surface area (Å²) in [6.45, 7) is 2.24. The summed E-state index contributed by atoms with van der Waals surface area (Å²) < 4.78 is 40.4. The molecule has 1 aliphatic rings. The summed E-state index contributed by atoms with van der Waals surface area (Å²) in [6, 6.07) is 7.90. The second kappa shape index (κ2) is 10.9. The van der Waals surface area contributed by atoms with Gasteiger partial charge in [-0.15, -0.1) is 7.05 Å². The normalized spacial score (nSPS) is 13.9. The van der Waals surface area contributed by atoms with Gasteiger partial charge in [-0.05, 0) is 42.8 Å². The van der Waals surface area contributed by atoms with Crippen molar-refractivity contribution in [3.63, 3.8) is 0 Å². The van der Waals surface area contributed by atoms with Gasteiger partial charge >= 0.3 is 11.7 Å². The van der Waals surface area contributed by atoms with Crippen LogP contribution in [0.3, 0.4) is 0 Å². The van der Waals surface area contributed by atoms with Crippen molar-refractivity contribution in [2.45, 2.75) is 19.4 Å². The molecule has 10 nitrogen and oxygen atoms in total. The Morgan fingerprint density at radius 1 is 1.22 bits per heavy atom. The lowest BCUT2D eigenvalue weighted by atomic mass is 9.97. The van der Waals surface area contributed by atoms with Gasteiger partial charge < -0.3 is 18.8 Å². The van der Waals surface area contributed by atoms with Crippen LogP contribution in [-0.2, 0) is 23.2 Å². The van der Waals surface area contributed by atoms with Crippen molar-refractivity contribution in [1.29, 1.82) is 0 Å². The standard InChI is InChI=1S/C24H25Cl2N4O6S/c1-27-37(33,34)28-19-7-4-6-14(22(19)26)10-16-17(13-30-8-5-9-30)15-11-18(25)21(36-24(32)29(2)3)12-20(15)35-23(16)31/h4,6-7,11-12,28H,5,8-10,13H2,1-3H3/q-1. The van der Waals surface area contributed by atoms with E-state index in [4.69, 9.17) is 32.4 Å². The molecule has 13 heteroatoms. The number of amides is 1. The summed E-state index contributed by atoms with van der Waals surface area (Å²) in [5.41, 5.74) is 1.40. The number of benzene rings is 2. The fourth-order valence-electron chi connectivity index (χ4n) is 3.86. The molecule has 2 heterocycles. The fourth-order valence-corrected chi connectivity index (χ4v) is 4.90. The topological polar surface area (TPSA) is 123 Å². The van der Waals surface area contributed by atoms with E-state index < -0.39 is 21.9 Å². The number of hydrogen-bond acceptors (Lipinski definition) is 7. The second-order valence-corrected chi connectivity index (χ2v) is 11.0. The molecule has 3 aromatic rings. The molecule has 0 aliphatic carbocycles. The number of likely N-dealkylation sites (tertiary alicyclic amines) is 1. The van der Waals surface area contributed by atoms with Crippen molar-refractivity contribution in [1.82, 2.24) is 9.80 Å². The van der Waals surface area contributed by atoms with Gasteiger partial charge in [0.2, 0.25) is 0 Å². The van der Waals surface area contributed by atoms with E-state index in [1.807, 2.05) is 0 Å². The van der Waals surface area contributed by atoms with Crippen molar-refractivity contribution in [2.75, 3.05) is 39.0 Å². The maximum Gasteiger partial charge on any atom is 0.414 e. The Bertz CT molecular complexity index is 1520. The van der Waals surface area contributed by atoms with Gasteiger partial charge in [0.1, 0.15) is 5.58 Å². The summed E-state index contributed by atoms with van der Waals surface area (Å²) in [4.78, 5) is 28.7. The molecular weight excluding hydrogens is 543 g/mol. The van der Waals surface area contributed by atoms with Gasteiger partial charge in [0.15, 0.2) is 16.0 Å². The molecule has 1 N–H and O–H groups in total. The maximum atomic E-state index is 13.2. The molecule has 2 aromatic carbocycles. The molecule has 0 unspecified atom stereocenters. The highest BCUT2D eigenvalue weighted by Gasteiger charge is 2.23. The van der Waals surface area contributed by atoms with Crippen molar-refractivity contribution in [3.05, 3.63) is 72.2 Å². The summed E-state index contributed by atoms with van der Waals surface area (Å²) in [7, 11) is 0.316. The van der Waals surface area contributed by atoms with Crippen LogP contribution in [0.25, 0.3) is 15.7 Å². The lowest BCUT2D eigenvalue weighted by Gasteiger charge is -2.31. The minimum atomic E-state index is -3.91. The van der Waals surface area contributed by atoms with Gasteiger partial charge in [-0.1, -0.05) is 35.3 Å². The van der Waals surface area contributed by atoms with Crippen molar-refractivity contribution < 1.29 is 22.4 Å². The first-order chi connectivity index (χ1) is 17.5. The van der Waals surface area contributed by atoms with Gasteiger partial charge in [-0.3, -0.25) is 9.62 Å². The molecule has 1 amide bonds. The monoisotopic (exact) mass is 567 g/mol. The highest BCUT2D eigenvalue weighted by atomic mass is 35.5. The first-order valence-corrected chi connectivity index (χ1v) is 13.5.